The number of fused-ring (bicyclic) bond motifs is 1. The Morgan fingerprint density at radius 2 is 2.22 bits per heavy atom. The summed E-state index contributed by atoms with van der Waals surface area (Å²) < 4.78 is 6.60. The van der Waals surface area contributed by atoms with E-state index in [0.717, 1.165) is 11.2 Å². The number of nitrogens with zero attached hydrogens (tertiary/aromatic N) is 5. The van der Waals surface area contributed by atoms with Crippen LogP contribution in [-0.4, -0.2) is 24.7 Å². The largest absolute Gasteiger partial charge is 0.345 e. The van der Waals surface area contributed by atoms with Gasteiger partial charge in [-0.2, -0.15) is 9.97 Å². The Kier molecular flexibility index (Phi) is 2.44. The van der Waals surface area contributed by atoms with E-state index in [2.05, 4.69) is 25.5 Å². The molecule has 0 saturated heterocycles. The van der Waals surface area contributed by atoms with Crippen LogP contribution in [0.1, 0.15) is 17.3 Å². The molecule has 0 amide bonds. The van der Waals surface area contributed by atoms with Crippen molar-refractivity contribution in [2.45, 2.75) is 20.4 Å². The van der Waals surface area contributed by atoms with Crippen LogP contribution in [-0.2, 0) is 6.54 Å². The van der Waals surface area contributed by atoms with Crippen molar-refractivity contribution in [1.82, 2.24) is 24.7 Å². The summed E-state index contributed by atoms with van der Waals surface area (Å²) in [5, 5.41) is 11.1. The number of aryl methyl sites for hydroxylation is 2. The Morgan fingerprint density at radius 1 is 1.33 bits per heavy atom. The Labute approximate surface area is 103 Å². The quantitative estimate of drug-likeness (QED) is 0.748. The zero-order chi connectivity index (χ0) is 12.5. The molecule has 0 spiro atoms. The number of rotatable bonds is 3. The van der Waals surface area contributed by atoms with E-state index >= 15 is 0 Å². The summed E-state index contributed by atoms with van der Waals surface area (Å²) in [6, 6.07) is 3.95. The third kappa shape index (κ3) is 2.02. The maximum absolute atomic E-state index is 4.88. The van der Waals surface area contributed by atoms with Crippen LogP contribution < -0.4 is 5.32 Å². The van der Waals surface area contributed by atoms with Crippen LogP contribution in [0.15, 0.2) is 22.9 Å². The predicted molar refractivity (Wildman–Crippen MR) is 64.1 cm³/mol. The first kappa shape index (κ1) is 10.7. The molecule has 0 saturated carbocycles. The van der Waals surface area contributed by atoms with Crippen molar-refractivity contribution in [3.63, 3.8) is 0 Å². The fourth-order valence-electron chi connectivity index (χ4n) is 1.63. The van der Waals surface area contributed by atoms with Crippen molar-refractivity contribution in [3.05, 3.63) is 35.6 Å². The van der Waals surface area contributed by atoms with E-state index in [-0.39, 0.29) is 0 Å². The maximum Gasteiger partial charge on any atom is 0.243 e. The molecule has 0 atom stereocenters. The molecule has 0 radical (unpaired) electrons. The molecule has 0 fully saturated rings. The van der Waals surface area contributed by atoms with E-state index < -0.39 is 0 Å². The summed E-state index contributed by atoms with van der Waals surface area (Å²) in [7, 11) is 0. The van der Waals surface area contributed by atoms with Crippen molar-refractivity contribution < 1.29 is 4.52 Å². The minimum atomic E-state index is 0.438. The van der Waals surface area contributed by atoms with E-state index in [1.54, 1.807) is 11.4 Å². The van der Waals surface area contributed by atoms with Crippen molar-refractivity contribution in [2.24, 2.45) is 0 Å². The van der Waals surface area contributed by atoms with Crippen molar-refractivity contribution in [2.75, 3.05) is 5.32 Å². The van der Waals surface area contributed by atoms with E-state index in [1.807, 2.05) is 25.3 Å². The van der Waals surface area contributed by atoms with Crippen molar-refractivity contribution >= 4 is 11.6 Å². The van der Waals surface area contributed by atoms with Crippen LogP contribution >= 0.6 is 0 Å². The molecule has 18 heavy (non-hydrogen) atoms. The predicted octanol–water partition coefficient (Wildman–Crippen LogP) is 1.34. The number of hydrogen-bond acceptors (Lipinski definition) is 6. The highest BCUT2D eigenvalue weighted by molar-refractivity contribution is 5.45. The van der Waals surface area contributed by atoms with Crippen molar-refractivity contribution in [3.8, 4) is 0 Å². The average molecular weight is 244 g/mol. The summed E-state index contributed by atoms with van der Waals surface area (Å²) >= 11 is 0. The van der Waals surface area contributed by atoms with Gasteiger partial charge in [0.15, 0.2) is 11.5 Å². The molecule has 3 heterocycles. The summed E-state index contributed by atoms with van der Waals surface area (Å²) in [5.41, 5.74) is 1.96. The molecule has 7 nitrogen and oxygen atoms in total. The standard InChI is InChI=1S/C11H12N6O/c1-7-3-4-17-10(5-7)14-11(15-17)12-6-9-13-8(2)18-16-9/h3-5H,6H2,1-2H3,(H,12,15). The number of hydrogen-bond donors (Lipinski definition) is 1. The van der Waals surface area contributed by atoms with E-state index in [9.17, 15) is 0 Å². The molecule has 0 bridgehead atoms. The molecule has 0 aliphatic carbocycles. The number of nitrogens with one attached hydrogen (secondary N) is 1. The summed E-state index contributed by atoms with van der Waals surface area (Å²) in [4.78, 5) is 8.44. The van der Waals surface area contributed by atoms with Crippen LogP contribution in [0, 0.1) is 13.8 Å². The minimum absolute atomic E-state index is 0.438. The highest BCUT2D eigenvalue weighted by atomic mass is 16.5. The molecule has 0 aromatic carbocycles. The van der Waals surface area contributed by atoms with Crippen LogP contribution in [0.4, 0.5) is 5.95 Å². The van der Waals surface area contributed by atoms with E-state index in [4.69, 9.17) is 4.52 Å². The first-order valence-electron chi connectivity index (χ1n) is 5.57. The Hall–Kier alpha value is -2.44. The van der Waals surface area contributed by atoms with E-state index in [0.29, 0.717) is 24.2 Å². The second-order valence-corrected chi connectivity index (χ2v) is 4.03. The number of pyridine rings is 1. The van der Waals surface area contributed by atoms with Gasteiger partial charge in [0.25, 0.3) is 0 Å². The summed E-state index contributed by atoms with van der Waals surface area (Å²) in [5.74, 6) is 1.68. The van der Waals surface area contributed by atoms with Crippen molar-refractivity contribution in [1.29, 1.82) is 0 Å². The lowest BCUT2D eigenvalue weighted by Crippen LogP contribution is -2.02. The van der Waals surface area contributed by atoms with Gasteiger partial charge in [0.2, 0.25) is 11.8 Å². The fraction of sp³-hybridized carbons (Fsp3) is 0.273. The second kappa shape index (κ2) is 4.10. The molecule has 3 aromatic heterocycles. The van der Waals surface area contributed by atoms with Crippen LogP contribution in [0.3, 0.4) is 0 Å². The Balaban J connectivity index is 1.78. The number of anilines is 1. The summed E-state index contributed by atoms with van der Waals surface area (Å²) in [6.07, 6.45) is 1.88. The number of aromatic nitrogens is 5. The highest BCUT2D eigenvalue weighted by Gasteiger charge is 2.05. The molecule has 1 N–H and O–H groups in total. The van der Waals surface area contributed by atoms with Crippen LogP contribution in [0.5, 0.6) is 0 Å². The SMILES string of the molecule is Cc1ccn2nc(NCc3noc(C)n3)nc2c1. The van der Waals surface area contributed by atoms with Crippen LogP contribution in [0.25, 0.3) is 5.65 Å². The van der Waals surface area contributed by atoms with Gasteiger partial charge < -0.3 is 9.84 Å². The Morgan fingerprint density at radius 3 is 3.00 bits per heavy atom. The molecule has 0 aliphatic heterocycles. The first-order chi connectivity index (χ1) is 8.70. The molecule has 0 aliphatic rings. The molecule has 92 valence electrons. The lowest BCUT2D eigenvalue weighted by molar-refractivity contribution is 0.388. The highest BCUT2D eigenvalue weighted by Crippen LogP contribution is 2.08. The fourth-order valence-corrected chi connectivity index (χ4v) is 1.63. The smallest absolute Gasteiger partial charge is 0.243 e. The molecule has 0 unspecified atom stereocenters. The topological polar surface area (TPSA) is 81.1 Å². The molecular formula is C11H12N6O. The van der Waals surface area contributed by atoms with Gasteiger partial charge in [-0.1, -0.05) is 5.16 Å². The van der Waals surface area contributed by atoms with Gasteiger partial charge in [0.05, 0.1) is 6.54 Å². The van der Waals surface area contributed by atoms with E-state index in [1.165, 1.54) is 0 Å². The van der Waals surface area contributed by atoms with Gasteiger partial charge in [0.1, 0.15) is 0 Å². The zero-order valence-corrected chi connectivity index (χ0v) is 10.1. The molecular weight excluding hydrogens is 232 g/mol. The summed E-state index contributed by atoms with van der Waals surface area (Å²) in [6.45, 7) is 4.21. The van der Waals surface area contributed by atoms with Gasteiger partial charge in [-0.15, -0.1) is 5.10 Å². The van der Waals surface area contributed by atoms with Gasteiger partial charge in [0, 0.05) is 13.1 Å². The van der Waals surface area contributed by atoms with Crippen LogP contribution in [0.2, 0.25) is 0 Å². The monoisotopic (exact) mass is 244 g/mol. The third-order valence-electron chi connectivity index (χ3n) is 2.47. The molecule has 7 heteroatoms. The third-order valence-corrected chi connectivity index (χ3v) is 2.47. The normalized spacial score (nSPS) is 11.0. The maximum atomic E-state index is 4.88. The molecule has 3 aromatic rings. The first-order valence-corrected chi connectivity index (χ1v) is 5.57. The van der Waals surface area contributed by atoms with Gasteiger partial charge in [-0.3, -0.25) is 0 Å². The lowest BCUT2D eigenvalue weighted by atomic mass is 10.3. The van der Waals surface area contributed by atoms with Gasteiger partial charge >= 0.3 is 0 Å². The Bertz CT molecular complexity index is 686. The minimum Gasteiger partial charge on any atom is -0.345 e. The average Bonchev–Trinajstić information content (AvgIpc) is 2.92. The molecule has 3 rings (SSSR count). The lowest BCUT2D eigenvalue weighted by Gasteiger charge is -1.94. The van der Waals surface area contributed by atoms with Gasteiger partial charge in [-0.25, -0.2) is 4.52 Å². The van der Waals surface area contributed by atoms with Gasteiger partial charge in [-0.05, 0) is 24.6 Å². The second-order valence-electron chi connectivity index (χ2n) is 4.03. The zero-order valence-electron chi connectivity index (χ0n) is 10.1.